The predicted octanol–water partition coefficient (Wildman–Crippen LogP) is 2.86. The Labute approximate surface area is 147 Å². The third kappa shape index (κ3) is 3.09. The molecule has 0 unspecified atom stereocenters. The number of nitrogens with zero attached hydrogens (tertiary/aromatic N) is 1. The van der Waals surface area contributed by atoms with Crippen LogP contribution >= 0.6 is 0 Å². The fourth-order valence-electron chi connectivity index (χ4n) is 3.20. The first-order chi connectivity index (χ1) is 11.8. The van der Waals surface area contributed by atoms with Crippen LogP contribution in [0.15, 0.2) is 59.5 Å². The maximum Gasteiger partial charge on any atom is 0.267 e. The molecule has 1 heterocycles. The molecule has 0 saturated carbocycles. The van der Waals surface area contributed by atoms with Gasteiger partial charge in [-0.25, -0.2) is 12.7 Å². The number of ketones is 1. The Hall–Kier alpha value is -2.47. The van der Waals surface area contributed by atoms with E-state index in [1.807, 2.05) is 13.0 Å². The monoisotopic (exact) mass is 357 g/mol. The van der Waals surface area contributed by atoms with Gasteiger partial charge in [0.2, 0.25) is 5.91 Å². The molecular weight excluding hydrogens is 338 g/mol. The zero-order valence-corrected chi connectivity index (χ0v) is 14.9. The van der Waals surface area contributed by atoms with Crippen molar-refractivity contribution in [2.75, 3.05) is 0 Å². The Morgan fingerprint density at radius 1 is 1.04 bits per heavy atom. The van der Waals surface area contributed by atoms with Crippen LogP contribution in [0.4, 0.5) is 0 Å². The molecule has 1 aliphatic rings. The van der Waals surface area contributed by atoms with Gasteiger partial charge in [-0.15, -0.1) is 0 Å². The first kappa shape index (κ1) is 17.4. The minimum Gasteiger partial charge on any atom is -0.300 e. The lowest BCUT2D eigenvalue weighted by atomic mass is 9.91. The lowest BCUT2D eigenvalue weighted by molar-refractivity contribution is -0.125. The predicted molar refractivity (Wildman–Crippen MR) is 93.2 cm³/mol. The molecule has 1 aliphatic heterocycles. The summed E-state index contributed by atoms with van der Waals surface area (Å²) in [5, 5.41) is 0. The molecule has 1 fully saturated rings. The van der Waals surface area contributed by atoms with Crippen LogP contribution in [0.1, 0.15) is 30.5 Å². The lowest BCUT2D eigenvalue weighted by Crippen LogP contribution is -2.36. The van der Waals surface area contributed by atoms with E-state index >= 15 is 0 Å². The molecule has 5 nitrogen and oxygen atoms in total. The Kier molecular flexibility index (Phi) is 4.47. The van der Waals surface area contributed by atoms with E-state index in [1.54, 1.807) is 36.4 Å². The van der Waals surface area contributed by atoms with E-state index in [0.717, 1.165) is 9.87 Å². The Morgan fingerprint density at radius 2 is 1.64 bits per heavy atom. The number of amides is 1. The van der Waals surface area contributed by atoms with Crippen molar-refractivity contribution in [2.45, 2.75) is 31.2 Å². The van der Waals surface area contributed by atoms with Crippen molar-refractivity contribution < 1.29 is 18.0 Å². The number of hydrogen-bond acceptors (Lipinski definition) is 4. The minimum atomic E-state index is -4.04. The molecule has 0 aromatic heterocycles. The highest BCUT2D eigenvalue weighted by atomic mass is 32.2. The molecule has 0 bridgehead atoms. The van der Waals surface area contributed by atoms with Crippen LogP contribution in [0.5, 0.6) is 0 Å². The summed E-state index contributed by atoms with van der Waals surface area (Å²) in [6.07, 6.45) is -0.0972. The molecule has 2 aromatic rings. The van der Waals surface area contributed by atoms with E-state index in [9.17, 15) is 18.0 Å². The molecule has 0 radical (unpaired) electrons. The molecule has 2 aromatic carbocycles. The number of Topliss-reactive ketones (excluding diaryl/α,β-unsaturated/α-hetero) is 1. The highest BCUT2D eigenvalue weighted by Crippen LogP contribution is 2.42. The van der Waals surface area contributed by atoms with E-state index in [2.05, 4.69) is 0 Å². The molecule has 25 heavy (non-hydrogen) atoms. The number of carbonyl (C=O) groups excluding carboxylic acids is 2. The number of rotatable bonds is 4. The zero-order valence-electron chi connectivity index (χ0n) is 14.0. The summed E-state index contributed by atoms with van der Waals surface area (Å²) in [6, 6.07) is 14.4. The van der Waals surface area contributed by atoms with Gasteiger partial charge in [-0.2, -0.15) is 0 Å². The first-order valence-corrected chi connectivity index (χ1v) is 9.45. The normalized spacial score (nSPS) is 20.7. The number of sulfonamides is 1. The topological polar surface area (TPSA) is 71.5 Å². The minimum absolute atomic E-state index is 0.0524. The van der Waals surface area contributed by atoms with Crippen LogP contribution in [-0.2, 0) is 19.6 Å². The van der Waals surface area contributed by atoms with Gasteiger partial charge >= 0.3 is 0 Å². The molecule has 2 atom stereocenters. The van der Waals surface area contributed by atoms with Gasteiger partial charge in [0, 0.05) is 6.42 Å². The van der Waals surface area contributed by atoms with E-state index < -0.39 is 27.9 Å². The smallest absolute Gasteiger partial charge is 0.267 e. The molecule has 130 valence electrons. The lowest BCUT2D eigenvalue weighted by Gasteiger charge is -2.27. The van der Waals surface area contributed by atoms with Gasteiger partial charge in [0.05, 0.1) is 16.9 Å². The summed E-state index contributed by atoms with van der Waals surface area (Å²) in [5.41, 5.74) is 1.57. The third-order valence-electron chi connectivity index (χ3n) is 4.52. The second-order valence-corrected chi connectivity index (χ2v) is 8.10. The summed E-state index contributed by atoms with van der Waals surface area (Å²) in [6.45, 7) is 3.26. The van der Waals surface area contributed by atoms with Crippen molar-refractivity contribution in [3.63, 3.8) is 0 Å². The van der Waals surface area contributed by atoms with E-state index in [1.165, 1.54) is 19.1 Å². The van der Waals surface area contributed by atoms with Crippen LogP contribution in [0, 0.1) is 12.8 Å². The number of carbonyl (C=O) groups is 2. The maximum atomic E-state index is 13.1. The number of aryl methyl sites for hydroxylation is 1. The van der Waals surface area contributed by atoms with Crippen LogP contribution in [-0.4, -0.2) is 24.4 Å². The van der Waals surface area contributed by atoms with Gasteiger partial charge in [-0.1, -0.05) is 48.0 Å². The van der Waals surface area contributed by atoms with Crippen molar-refractivity contribution >= 4 is 21.7 Å². The van der Waals surface area contributed by atoms with Gasteiger partial charge in [-0.3, -0.25) is 9.59 Å². The summed E-state index contributed by atoms with van der Waals surface area (Å²) < 4.78 is 27.1. The van der Waals surface area contributed by atoms with E-state index in [4.69, 9.17) is 0 Å². The third-order valence-corrected chi connectivity index (χ3v) is 6.33. The second kappa shape index (κ2) is 6.44. The summed E-state index contributed by atoms with van der Waals surface area (Å²) in [7, 11) is -4.04. The summed E-state index contributed by atoms with van der Waals surface area (Å²) in [4.78, 5) is 24.7. The zero-order chi connectivity index (χ0) is 18.2. The summed E-state index contributed by atoms with van der Waals surface area (Å²) >= 11 is 0. The molecule has 0 aliphatic carbocycles. The molecule has 6 heteroatoms. The van der Waals surface area contributed by atoms with Crippen LogP contribution in [0.2, 0.25) is 0 Å². The van der Waals surface area contributed by atoms with Gasteiger partial charge in [-0.05, 0) is 31.5 Å². The standard InChI is InChI=1S/C19H19NO4S/c1-13-8-10-16(11-9-13)25(23,24)20-18(22)12-17(14(2)21)19(20)15-6-4-3-5-7-15/h3-11,17,19H,12H2,1-2H3/t17-,19-/m1/s1. The highest BCUT2D eigenvalue weighted by Gasteiger charge is 2.49. The SMILES string of the molecule is CC(=O)[C@H]1CC(=O)N(S(=O)(=O)c2ccc(C)cc2)[C@@H]1c1ccccc1. The second-order valence-electron chi connectivity index (χ2n) is 6.28. The van der Waals surface area contributed by atoms with Gasteiger partial charge < -0.3 is 0 Å². The van der Waals surface area contributed by atoms with Crippen molar-refractivity contribution in [1.82, 2.24) is 4.31 Å². The van der Waals surface area contributed by atoms with Gasteiger partial charge in [0.15, 0.2) is 0 Å². The fourth-order valence-corrected chi connectivity index (χ4v) is 4.82. The Morgan fingerprint density at radius 3 is 2.20 bits per heavy atom. The molecule has 0 spiro atoms. The van der Waals surface area contributed by atoms with Crippen molar-refractivity contribution in [3.05, 3.63) is 65.7 Å². The molecular formula is C19H19NO4S. The van der Waals surface area contributed by atoms with E-state index in [-0.39, 0.29) is 17.1 Å². The van der Waals surface area contributed by atoms with Gasteiger partial charge in [0.1, 0.15) is 5.78 Å². The number of hydrogen-bond donors (Lipinski definition) is 0. The van der Waals surface area contributed by atoms with Gasteiger partial charge in [0.25, 0.3) is 10.0 Å². The van der Waals surface area contributed by atoms with Crippen molar-refractivity contribution in [1.29, 1.82) is 0 Å². The molecule has 0 N–H and O–H groups in total. The highest BCUT2D eigenvalue weighted by molar-refractivity contribution is 7.89. The molecule has 3 rings (SSSR count). The van der Waals surface area contributed by atoms with Crippen LogP contribution in [0.25, 0.3) is 0 Å². The summed E-state index contributed by atoms with van der Waals surface area (Å²) in [5.74, 6) is -1.41. The van der Waals surface area contributed by atoms with Crippen molar-refractivity contribution in [2.24, 2.45) is 5.92 Å². The average molecular weight is 357 g/mol. The van der Waals surface area contributed by atoms with E-state index in [0.29, 0.717) is 5.56 Å². The molecule has 1 saturated heterocycles. The quantitative estimate of drug-likeness (QED) is 0.843. The Bertz CT molecular complexity index is 904. The fraction of sp³-hybridized carbons (Fsp3) is 0.263. The average Bonchev–Trinajstić information content (AvgIpc) is 2.94. The Balaban J connectivity index is 2.13. The van der Waals surface area contributed by atoms with Crippen molar-refractivity contribution in [3.8, 4) is 0 Å². The van der Waals surface area contributed by atoms with Crippen LogP contribution in [0.3, 0.4) is 0 Å². The largest absolute Gasteiger partial charge is 0.300 e. The first-order valence-electron chi connectivity index (χ1n) is 8.01. The number of benzene rings is 2. The maximum absolute atomic E-state index is 13.1. The molecule has 1 amide bonds. The van der Waals surface area contributed by atoms with Crippen LogP contribution < -0.4 is 0 Å².